The molecule has 8 heteroatoms. The Kier molecular flexibility index (Phi) is 6.29. The third-order valence-corrected chi connectivity index (χ3v) is 3.14. The van der Waals surface area contributed by atoms with Crippen molar-refractivity contribution < 1.29 is 19.2 Å². The minimum Gasteiger partial charge on any atom is -0.486 e. The third kappa shape index (κ3) is 4.82. The Balaban J connectivity index is 2.95. The van der Waals surface area contributed by atoms with E-state index in [-0.39, 0.29) is 41.7 Å². The second-order valence-electron chi connectivity index (χ2n) is 4.24. The highest BCUT2D eigenvalue weighted by Crippen LogP contribution is 2.35. The maximum atomic E-state index is 11.6. The largest absolute Gasteiger partial charge is 0.486 e. The molecule has 0 saturated heterocycles. The second kappa shape index (κ2) is 7.72. The zero-order valence-electron chi connectivity index (χ0n) is 11.6. The number of nitro benzene ring substituents is 1. The fourth-order valence-corrected chi connectivity index (χ4v) is 2.11. The molecule has 0 aliphatic carbocycles. The number of ketones is 1. The molecule has 7 nitrogen and oxygen atoms in total. The van der Waals surface area contributed by atoms with E-state index in [2.05, 4.69) is 21.2 Å². The summed E-state index contributed by atoms with van der Waals surface area (Å²) in [7, 11) is 1.52. The highest BCUT2D eigenvalue weighted by Gasteiger charge is 2.23. The van der Waals surface area contributed by atoms with E-state index in [4.69, 9.17) is 4.74 Å². The predicted octanol–water partition coefficient (Wildman–Crippen LogP) is 2.46. The van der Waals surface area contributed by atoms with Gasteiger partial charge in [0.05, 0.1) is 17.1 Å². The van der Waals surface area contributed by atoms with Crippen molar-refractivity contribution in [1.29, 1.82) is 0 Å². The van der Waals surface area contributed by atoms with Gasteiger partial charge in [0.1, 0.15) is 0 Å². The SMILES string of the molecule is CNC(=O)CCCOc1c(C(C)=O)cc(Br)cc1[N+](=O)[O-]. The first-order valence-electron chi connectivity index (χ1n) is 6.19. The van der Waals surface area contributed by atoms with Gasteiger partial charge in [-0.05, 0) is 19.4 Å². The lowest BCUT2D eigenvalue weighted by atomic mass is 10.1. The average molecular weight is 359 g/mol. The van der Waals surface area contributed by atoms with Gasteiger partial charge in [-0.1, -0.05) is 15.9 Å². The number of nitrogens with one attached hydrogen (secondary N) is 1. The average Bonchev–Trinajstić information content (AvgIpc) is 2.43. The van der Waals surface area contributed by atoms with Gasteiger partial charge >= 0.3 is 5.69 Å². The van der Waals surface area contributed by atoms with E-state index >= 15 is 0 Å². The van der Waals surface area contributed by atoms with Gasteiger partial charge in [-0.2, -0.15) is 0 Å². The molecule has 1 rings (SSSR count). The van der Waals surface area contributed by atoms with Crippen molar-refractivity contribution in [2.75, 3.05) is 13.7 Å². The van der Waals surface area contributed by atoms with Crippen LogP contribution in [-0.4, -0.2) is 30.3 Å². The number of carbonyl (C=O) groups is 2. The Morgan fingerprint density at radius 1 is 1.43 bits per heavy atom. The summed E-state index contributed by atoms with van der Waals surface area (Å²) in [6.45, 7) is 1.42. The highest BCUT2D eigenvalue weighted by atomic mass is 79.9. The van der Waals surface area contributed by atoms with Crippen LogP contribution >= 0.6 is 15.9 Å². The van der Waals surface area contributed by atoms with Gasteiger partial charge in [-0.25, -0.2) is 0 Å². The van der Waals surface area contributed by atoms with Crippen LogP contribution in [0.1, 0.15) is 30.1 Å². The summed E-state index contributed by atoms with van der Waals surface area (Å²) >= 11 is 3.13. The monoisotopic (exact) mass is 358 g/mol. The van der Waals surface area contributed by atoms with E-state index in [9.17, 15) is 19.7 Å². The van der Waals surface area contributed by atoms with Crippen molar-refractivity contribution >= 4 is 33.3 Å². The predicted molar refractivity (Wildman–Crippen MR) is 79.6 cm³/mol. The van der Waals surface area contributed by atoms with E-state index in [0.717, 1.165) is 0 Å². The molecule has 1 aromatic carbocycles. The highest BCUT2D eigenvalue weighted by molar-refractivity contribution is 9.10. The number of amides is 1. The van der Waals surface area contributed by atoms with Gasteiger partial charge in [0.15, 0.2) is 5.78 Å². The van der Waals surface area contributed by atoms with E-state index < -0.39 is 4.92 Å². The summed E-state index contributed by atoms with van der Waals surface area (Å²) in [4.78, 5) is 33.1. The Labute approximate surface area is 129 Å². The Hall–Kier alpha value is -1.96. The van der Waals surface area contributed by atoms with Crippen molar-refractivity contribution in [2.45, 2.75) is 19.8 Å². The maximum absolute atomic E-state index is 11.6. The lowest BCUT2D eigenvalue weighted by Gasteiger charge is -2.10. The number of rotatable bonds is 7. The van der Waals surface area contributed by atoms with E-state index in [0.29, 0.717) is 10.9 Å². The zero-order chi connectivity index (χ0) is 16.0. The van der Waals surface area contributed by atoms with Crippen LogP contribution in [0.3, 0.4) is 0 Å². The van der Waals surface area contributed by atoms with Crippen molar-refractivity contribution in [3.8, 4) is 5.75 Å². The first kappa shape index (κ1) is 17.1. The molecule has 0 saturated carbocycles. The van der Waals surface area contributed by atoms with Crippen LogP contribution in [0.15, 0.2) is 16.6 Å². The molecule has 0 heterocycles. The fourth-order valence-electron chi connectivity index (χ4n) is 1.66. The molecular weight excluding hydrogens is 344 g/mol. The maximum Gasteiger partial charge on any atom is 0.312 e. The number of nitrogens with zero attached hydrogens (tertiary/aromatic N) is 1. The minimum atomic E-state index is -0.606. The van der Waals surface area contributed by atoms with Crippen LogP contribution in [0.4, 0.5) is 5.69 Å². The molecule has 0 aliphatic rings. The number of nitro groups is 1. The van der Waals surface area contributed by atoms with Crippen LogP contribution in [-0.2, 0) is 4.79 Å². The summed E-state index contributed by atoms with van der Waals surface area (Å²) < 4.78 is 5.81. The zero-order valence-corrected chi connectivity index (χ0v) is 13.2. The van der Waals surface area contributed by atoms with E-state index in [1.165, 1.54) is 26.1 Å². The molecule has 0 bridgehead atoms. The lowest BCUT2D eigenvalue weighted by molar-refractivity contribution is -0.386. The van der Waals surface area contributed by atoms with Gasteiger partial charge in [0.2, 0.25) is 11.7 Å². The summed E-state index contributed by atoms with van der Waals surface area (Å²) in [5.41, 5.74) is -0.148. The Morgan fingerprint density at radius 3 is 2.62 bits per heavy atom. The summed E-state index contributed by atoms with van der Waals surface area (Å²) in [5, 5.41) is 13.5. The standard InChI is InChI=1S/C13H15BrN2O5/c1-8(17)10-6-9(14)7-11(16(19)20)13(10)21-5-3-4-12(18)15-2/h6-7H,3-5H2,1-2H3,(H,15,18). The first-order chi connectivity index (χ1) is 9.86. The van der Waals surface area contributed by atoms with Crippen LogP contribution in [0.5, 0.6) is 5.75 Å². The number of carbonyl (C=O) groups excluding carboxylic acids is 2. The van der Waals surface area contributed by atoms with Gasteiger partial charge < -0.3 is 10.1 Å². The molecule has 1 amide bonds. The summed E-state index contributed by atoms with van der Waals surface area (Å²) in [5.74, 6) is -0.538. The molecule has 0 spiro atoms. The molecule has 21 heavy (non-hydrogen) atoms. The number of hydrogen-bond acceptors (Lipinski definition) is 5. The lowest BCUT2D eigenvalue weighted by Crippen LogP contribution is -2.18. The molecule has 1 N–H and O–H groups in total. The number of hydrogen-bond donors (Lipinski definition) is 1. The number of ether oxygens (including phenoxy) is 1. The Morgan fingerprint density at radius 2 is 2.10 bits per heavy atom. The van der Waals surface area contributed by atoms with E-state index in [1.54, 1.807) is 0 Å². The third-order valence-electron chi connectivity index (χ3n) is 2.68. The molecule has 0 unspecified atom stereocenters. The number of benzene rings is 1. The van der Waals surface area contributed by atoms with Crippen molar-refractivity contribution in [2.24, 2.45) is 0 Å². The van der Waals surface area contributed by atoms with Gasteiger partial charge in [0.25, 0.3) is 0 Å². The van der Waals surface area contributed by atoms with Crippen LogP contribution in [0.2, 0.25) is 0 Å². The molecule has 0 atom stereocenters. The first-order valence-corrected chi connectivity index (χ1v) is 6.98. The van der Waals surface area contributed by atoms with Gasteiger partial charge in [-0.3, -0.25) is 19.7 Å². The van der Waals surface area contributed by atoms with Gasteiger partial charge in [0, 0.05) is 24.0 Å². The quantitative estimate of drug-likeness (QED) is 0.349. The normalized spacial score (nSPS) is 10.0. The number of Topliss-reactive ketones (excluding diaryl/α,β-unsaturated/α-hetero) is 1. The minimum absolute atomic E-state index is 0.0624. The van der Waals surface area contributed by atoms with Crippen LogP contribution < -0.4 is 10.1 Å². The van der Waals surface area contributed by atoms with Crippen LogP contribution in [0.25, 0.3) is 0 Å². The van der Waals surface area contributed by atoms with Crippen LogP contribution in [0, 0.1) is 10.1 Å². The summed E-state index contributed by atoms with van der Waals surface area (Å²) in [6.07, 6.45) is 0.639. The fraction of sp³-hybridized carbons (Fsp3) is 0.385. The molecule has 114 valence electrons. The smallest absolute Gasteiger partial charge is 0.312 e. The topological polar surface area (TPSA) is 98.5 Å². The molecule has 0 aromatic heterocycles. The molecule has 0 fully saturated rings. The van der Waals surface area contributed by atoms with Crippen molar-refractivity contribution in [1.82, 2.24) is 5.32 Å². The van der Waals surface area contributed by atoms with Crippen molar-refractivity contribution in [3.05, 3.63) is 32.3 Å². The Bertz CT molecular complexity index is 539. The second-order valence-corrected chi connectivity index (χ2v) is 5.16. The molecule has 0 radical (unpaired) electrons. The number of halogens is 1. The molecular formula is C13H15BrN2O5. The van der Waals surface area contributed by atoms with E-state index in [1.807, 2.05) is 0 Å². The summed E-state index contributed by atoms with van der Waals surface area (Å²) in [6, 6.07) is 2.75. The molecule has 1 aromatic rings. The van der Waals surface area contributed by atoms with Crippen molar-refractivity contribution in [3.63, 3.8) is 0 Å². The molecule has 0 aliphatic heterocycles. The van der Waals surface area contributed by atoms with Gasteiger partial charge in [-0.15, -0.1) is 0 Å².